The first-order valence-corrected chi connectivity index (χ1v) is 2.81. The molecule has 8 heavy (non-hydrogen) atoms. The Morgan fingerprint density at radius 2 is 2.62 bits per heavy atom. The molecule has 43 valence electrons. The lowest BCUT2D eigenvalue weighted by Gasteiger charge is -1.93. The van der Waals surface area contributed by atoms with Crippen LogP contribution in [0.3, 0.4) is 0 Å². The van der Waals surface area contributed by atoms with Crippen LogP contribution in [0.5, 0.6) is 0 Å². The number of rotatable bonds is 1. The molecule has 1 atom stereocenters. The molecule has 1 aliphatic carbocycles. The Hall–Kier alpha value is -0.590. The summed E-state index contributed by atoms with van der Waals surface area (Å²) in [5.41, 5.74) is 0. The van der Waals surface area contributed by atoms with E-state index in [0.717, 1.165) is 6.42 Å². The fourth-order valence-corrected chi connectivity index (χ4v) is 0.887. The van der Waals surface area contributed by atoms with E-state index in [1.165, 1.54) is 0 Å². The number of hydrogen-bond donors (Lipinski definition) is 0. The van der Waals surface area contributed by atoms with E-state index in [9.17, 15) is 4.79 Å². The third-order valence-corrected chi connectivity index (χ3v) is 1.44. The zero-order valence-corrected chi connectivity index (χ0v) is 4.76. The van der Waals surface area contributed by atoms with Gasteiger partial charge in [0.05, 0.1) is 0 Å². The lowest BCUT2D eigenvalue weighted by molar-refractivity contribution is -0.115. The van der Waals surface area contributed by atoms with Crippen LogP contribution in [0, 0.1) is 12.3 Å². The van der Waals surface area contributed by atoms with E-state index in [4.69, 9.17) is 0 Å². The van der Waals surface area contributed by atoms with E-state index < -0.39 is 0 Å². The zero-order chi connectivity index (χ0) is 5.98. The predicted molar refractivity (Wildman–Crippen MR) is 32.2 cm³/mol. The topological polar surface area (TPSA) is 17.1 Å². The third-order valence-electron chi connectivity index (χ3n) is 1.44. The van der Waals surface area contributed by atoms with E-state index >= 15 is 0 Å². The molecule has 0 N–H and O–H groups in total. The molecular formula is C7H9O. The highest BCUT2D eigenvalue weighted by atomic mass is 16.1. The number of Topliss-reactive ketones (excluding diaryl/α,β-unsaturated/α-hetero) is 1. The van der Waals surface area contributed by atoms with Gasteiger partial charge in [-0.25, -0.2) is 0 Å². The monoisotopic (exact) mass is 109 g/mol. The molecule has 1 radical (unpaired) electrons. The molecule has 0 amide bonds. The van der Waals surface area contributed by atoms with Crippen LogP contribution in [0.2, 0.25) is 0 Å². The van der Waals surface area contributed by atoms with Gasteiger partial charge in [-0.3, -0.25) is 4.79 Å². The van der Waals surface area contributed by atoms with Crippen molar-refractivity contribution in [3.05, 3.63) is 19.1 Å². The van der Waals surface area contributed by atoms with Crippen molar-refractivity contribution in [1.82, 2.24) is 0 Å². The maximum Gasteiger partial charge on any atom is 0.137 e. The van der Waals surface area contributed by atoms with Crippen molar-refractivity contribution < 1.29 is 4.79 Å². The molecule has 0 aliphatic heterocycles. The first kappa shape index (κ1) is 5.54. The average molecular weight is 109 g/mol. The number of hydrogen-bond acceptors (Lipinski definition) is 1. The molecule has 1 fully saturated rings. The van der Waals surface area contributed by atoms with Gasteiger partial charge in [0.2, 0.25) is 0 Å². The zero-order valence-electron chi connectivity index (χ0n) is 4.76. The van der Waals surface area contributed by atoms with Gasteiger partial charge < -0.3 is 0 Å². The summed E-state index contributed by atoms with van der Waals surface area (Å²) in [6.45, 7) is 3.60. The van der Waals surface area contributed by atoms with Crippen LogP contribution in [0.25, 0.3) is 0 Å². The Kier molecular flexibility index (Phi) is 1.47. The minimum Gasteiger partial charge on any atom is -0.299 e. The van der Waals surface area contributed by atoms with Crippen LogP contribution in [-0.4, -0.2) is 5.78 Å². The lowest BCUT2D eigenvalue weighted by atomic mass is 10.1. The summed E-state index contributed by atoms with van der Waals surface area (Å²) < 4.78 is 0. The van der Waals surface area contributed by atoms with E-state index in [-0.39, 0.29) is 5.78 Å². The van der Waals surface area contributed by atoms with Crippen molar-refractivity contribution in [3.8, 4) is 0 Å². The van der Waals surface area contributed by atoms with Gasteiger partial charge in [0, 0.05) is 12.8 Å². The predicted octanol–water partition coefficient (Wildman–Crippen LogP) is 1.36. The Morgan fingerprint density at radius 1 is 1.88 bits per heavy atom. The van der Waals surface area contributed by atoms with Gasteiger partial charge in [0.25, 0.3) is 0 Å². The molecule has 0 saturated heterocycles. The standard InChI is InChI=1S/C7H9O/c1-2-6-3-4-7(8)5-6/h2,4,6H,1,3,5H2. The van der Waals surface area contributed by atoms with Crippen LogP contribution in [0.4, 0.5) is 0 Å². The fraction of sp³-hybridized carbons (Fsp3) is 0.429. The van der Waals surface area contributed by atoms with Gasteiger partial charge in [-0.05, 0) is 12.3 Å². The largest absolute Gasteiger partial charge is 0.299 e. The molecule has 0 aromatic carbocycles. The first-order valence-electron chi connectivity index (χ1n) is 2.81. The summed E-state index contributed by atoms with van der Waals surface area (Å²) >= 11 is 0. The fourth-order valence-electron chi connectivity index (χ4n) is 0.887. The highest BCUT2D eigenvalue weighted by Gasteiger charge is 2.18. The minimum atomic E-state index is 0.273. The molecule has 0 aromatic rings. The SMILES string of the molecule is C=CC1C[CH]C(=O)C1. The van der Waals surface area contributed by atoms with E-state index in [1.54, 1.807) is 6.42 Å². The van der Waals surface area contributed by atoms with E-state index in [0.29, 0.717) is 12.3 Å². The second kappa shape index (κ2) is 2.12. The van der Waals surface area contributed by atoms with Crippen molar-refractivity contribution in [2.75, 3.05) is 0 Å². The van der Waals surface area contributed by atoms with E-state index in [1.807, 2.05) is 6.08 Å². The summed E-state index contributed by atoms with van der Waals surface area (Å²) in [6.07, 6.45) is 5.18. The number of carbonyl (C=O) groups is 1. The highest BCUT2D eigenvalue weighted by Crippen LogP contribution is 2.20. The first-order chi connectivity index (χ1) is 3.83. The molecule has 0 aromatic heterocycles. The summed E-state index contributed by atoms with van der Waals surface area (Å²) in [4.78, 5) is 10.5. The molecule has 1 heteroatoms. The molecule has 0 bridgehead atoms. The molecule has 1 rings (SSSR count). The van der Waals surface area contributed by atoms with Gasteiger partial charge in [0.15, 0.2) is 0 Å². The molecule has 1 saturated carbocycles. The lowest BCUT2D eigenvalue weighted by Crippen LogP contribution is -1.88. The summed E-state index contributed by atoms with van der Waals surface area (Å²) in [6, 6.07) is 0. The quantitative estimate of drug-likeness (QED) is 0.464. The Morgan fingerprint density at radius 3 is 2.88 bits per heavy atom. The Balaban J connectivity index is 2.43. The van der Waals surface area contributed by atoms with Gasteiger partial charge in [-0.2, -0.15) is 0 Å². The van der Waals surface area contributed by atoms with Gasteiger partial charge >= 0.3 is 0 Å². The van der Waals surface area contributed by atoms with Crippen LogP contribution in [-0.2, 0) is 4.79 Å². The van der Waals surface area contributed by atoms with Gasteiger partial charge in [-0.15, -0.1) is 6.58 Å². The second-order valence-corrected chi connectivity index (χ2v) is 2.11. The van der Waals surface area contributed by atoms with Crippen molar-refractivity contribution in [3.63, 3.8) is 0 Å². The molecule has 1 unspecified atom stereocenters. The highest BCUT2D eigenvalue weighted by molar-refractivity contribution is 5.89. The van der Waals surface area contributed by atoms with Crippen molar-refractivity contribution in [2.24, 2.45) is 5.92 Å². The molecule has 1 aliphatic rings. The normalized spacial score (nSPS) is 28.5. The van der Waals surface area contributed by atoms with Crippen molar-refractivity contribution in [2.45, 2.75) is 12.8 Å². The summed E-state index contributed by atoms with van der Waals surface area (Å²) in [5, 5.41) is 0. The van der Waals surface area contributed by atoms with Crippen molar-refractivity contribution in [1.29, 1.82) is 0 Å². The van der Waals surface area contributed by atoms with Gasteiger partial charge in [-0.1, -0.05) is 6.08 Å². The van der Waals surface area contributed by atoms with Crippen molar-refractivity contribution >= 4 is 5.78 Å². The maximum atomic E-state index is 10.5. The van der Waals surface area contributed by atoms with Gasteiger partial charge in [0.1, 0.15) is 5.78 Å². The number of carbonyl (C=O) groups excluding carboxylic acids is 1. The maximum absolute atomic E-state index is 10.5. The van der Waals surface area contributed by atoms with Crippen LogP contribution in [0.1, 0.15) is 12.8 Å². The molecule has 0 spiro atoms. The van der Waals surface area contributed by atoms with Crippen LogP contribution >= 0.6 is 0 Å². The van der Waals surface area contributed by atoms with E-state index in [2.05, 4.69) is 6.58 Å². The molecule has 0 heterocycles. The smallest absolute Gasteiger partial charge is 0.137 e. The molecule has 1 nitrogen and oxygen atoms in total. The Labute approximate surface area is 49.4 Å². The second-order valence-electron chi connectivity index (χ2n) is 2.11. The molecular weight excluding hydrogens is 100 g/mol. The van der Waals surface area contributed by atoms with Crippen LogP contribution in [0.15, 0.2) is 12.7 Å². The third kappa shape index (κ3) is 0.971. The Bertz CT molecular complexity index is 116. The minimum absolute atomic E-state index is 0.273. The summed E-state index contributed by atoms with van der Waals surface area (Å²) in [5.74, 6) is 0.706. The number of ketones is 1. The summed E-state index contributed by atoms with van der Waals surface area (Å²) in [7, 11) is 0. The van der Waals surface area contributed by atoms with Crippen LogP contribution < -0.4 is 0 Å². The average Bonchev–Trinajstić information content (AvgIpc) is 2.14. The number of allylic oxidation sites excluding steroid dienone is 1.